The fourth-order valence-corrected chi connectivity index (χ4v) is 3.10. The van der Waals surface area contributed by atoms with Gasteiger partial charge in [-0.15, -0.1) is 12.4 Å². The Morgan fingerprint density at radius 2 is 1.84 bits per heavy atom. The lowest BCUT2D eigenvalue weighted by Gasteiger charge is -2.34. The summed E-state index contributed by atoms with van der Waals surface area (Å²) >= 11 is 0. The monoisotopic (exact) mass is 290 g/mol. The average molecular weight is 291 g/mol. The van der Waals surface area contributed by atoms with Gasteiger partial charge in [-0.1, -0.05) is 6.92 Å². The van der Waals surface area contributed by atoms with Crippen LogP contribution in [0, 0.1) is 5.92 Å². The van der Waals surface area contributed by atoms with Gasteiger partial charge < -0.3 is 15.4 Å². The number of ether oxygens (including phenoxy) is 1. The Morgan fingerprint density at radius 1 is 1.21 bits per heavy atom. The minimum Gasteiger partial charge on any atom is -0.364 e. The molecule has 5 heteroatoms. The summed E-state index contributed by atoms with van der Waals surface area (Å²) in [4.78, 5) is 14.3. The summed E-state index contributed by atoms with van der Waals surface area (Å²) in [5.74, 6) is 0.972. The van der Waals surface area contributed by atoms with Gasteiger partial charge in [0.05, 0.1) is 6.10 Å². The molecule has 19 heavy (non-hydrogen) atoms. The van der Waals surface area contributed by atoms with Crippen molar-refractivity contribution in [2.45, 2.75) is 63.7 Å². The zero-order valence-electron chi connectivity index (χ0n) is 12.0. The Hall–Kier alpha value is -0.320. The van der Waals surface area contributed by atoms with Crippen LogP contribution in [-0.4, -0.2) is 42.6 Å². The molecule has 1 saturated heterocycles. The highest BCUT2D eigenvalue weighted by Gasteiger charge is 2.34. The molecule has 4 nitrogen and oxygen atoms in total. The molecule has 1 aliphatic carbocycles. The van der Waals surface area contributed by atoms with Gasteiger partial charge >= 0.3 is 0 Å². The topological polar surface area (TPSA) is 55.6 Å². The normalized spacial score (nSPS) is 34.7. The molecule has 0 aromatic heterocycles. The second-order valence-corrected chi connectivity index (χ2v) is 5.92. The van der Waals surface area contributed by atoms with Crippen LogP contribution in [0.3, 0.4) is 0 Å². The first-order chi connectivity index (χ1) is 8.61. The fourth-order valence-electron chi connectivity index (χ4n) is 3.10. The molecule has 2 fully saturated rings. The molecule has 1 amide bonds. The van der Waals surface area contributed by atoms with Crippen molar-refractivity contribution < 1.29 is 9.53 Å². The summed E-state index contributed by atoms with van der Waals surface area (Å²) in [6.45, 7) is 2.82. The maximum atomic E-state index is 12.3. The van der Waals surface area contributed by atoms with Gasteiger partial charge in [0.2, 0.25) is 0 Å². The van der Waals surface area contributed by atoms with Gasteiger partial charge in [0, 0.05) is 19.6 Å². The van der Waals surface area contributed by atoms with Crippen LogP contribution in [0.1, 0.15) is 45.4 Å². The maximum absolute atomic E-state index is 12.3. The summed E-state index contributed by atoms with van der Waals surface area (Å²) in [5, 5.41) is 0. The number of carbonyl (C=O) groups is 1. The Balaban J connectivity index is 0.00000180. The molecule has 1 saturated carbocycles. The summed E-state index contributed by atoms with van der Waals surface area (Å²) in [7, 11) is 1.93. The third-order valence-electron chi connectivity index (χ3n) is 4.53. The molecule has 2 aliphatic rings. The van der Waals surface area contributed by atoms with Crippen molar-refractivity contribution in [3.05, 3.63) is 0 Å². The molecule has 0 radical (unpaired) electrons. The minimum atomic E-state index is -0.247. The second-order valence-electron chi connectivity index (χ2n) is 5.92. The van der Waals surface area contributed by atoms with Crippen LogP contribution in [0.5, 0.6) is 0 Å². The highest BCUT2D eigenvalue weighted by atomic mass is 35.5. The van der Waals surface area contributed by atoms with Crippen molar-refractivity contribution in [2.24, 2.45) is 11.7 Å². The number of likely N-dealkylation sites (N-methyl/N-ethyl adjacent to an activating group) is 1. The second kappa shape index (κ2) is 7.46. The van der Waals surface area contributed by atoms with Crippen LogP contribution in [0.2, 0.25) is 0 Å². The molecular weight excluding hydrogens is 264 g/mol. The molecule has 0 bridgehead atoms. The van der Waals surface area contributed by atoms with Gasteiger partial charge in [0.15, 0.2) is 0 Å². The predicted octanol–water partition coefficient (Wildman–Crippen LogP) is 1.95. The zero-order valence-corrected chi connectivity index (χ0v) is 12.8. The molecular formula is C14H27ClN2O2. The standard InChI is InChI=1S/C14H26N2O2.ClH/c1-10-3-5-11(6-4-10)16(2)14(17)13-8-7-12(9-15)18-13;/h10-13H,3-9,15H2,1-2H3;1H/t10?,11?,12-,13+;/m1./s1. The van der Waals surface area contributed by atoms with Gasteiger partial charge in [-0.05, 0) is 44.4 Å². The zero-order chi connectivity index (χ0) is 13.1. The molecule has 0 aromatic carbocycles. The van der Waals surface area contributed by atoms with Crippen molar-refractivity contribution in [2.75, 3.05) is 13.6 Å². The van der Waals surface area contributed by atoms with E-state index in [-0.39, 0.29) is 30.5 Å². The SMILES string of the molecule is CC1CCC(N(C)C(=O)[C@@H]2CC[C@H](CN)O2)CC1.Cl. The van der Waals surface area contributed by atoms with Crippen LogP contribution in [0.15, 0.2) is 0 Å². The van der Waals surface area contributed by atoms with Crippen LogP contribution in [-0.2, 0) is 9.53 Å². The Labute approximate surface area is 122 Å². The third-order valence-corrected chi connectivity index (χ3v) is 4.53. The number of amides is 1. The maximum Gasteiger partial charge on any atom is 0.251 e. The van der Waals surface area contributed by atoms with Crippen LogP contribution < -0.4 is 5.73 Å². The van der Waals surface area contributed by atoms with E-state index in [0.29, 0.717) is 12.6 Å². The number of halogens is 1. The number of carbonyl (C=O) groups excluding carboxylic acids is 1. The molecule has 0 aromatic rings. The van der Waals surface area contributed by atoms with E-state index in [1.165, 1.54) is 12.8 Å². The molecule has 112 valence electrons. The van der Waals surface area contributed by atoms with E-state index in [1.54, 1.807) is 0 Å². The van der Waals surface area contributed by atoms with Crippen LogP contribution in [0.25, 0.3) is 0 Å². The highest BCUT2D eigenvalue weighted by molar-refractivity contribution is 5.85. The quantitative estimate of drug-likeness (QED) is 0.864. The van der Waals surface area contributed by atoms with E-state index in [4.69, 9.17) is 10.5 Å². The van der Waals surface area contributed by atoms with Crippen LogP contribution in [0.4, 0.5) is 0 Å². The Morgan fingerprint density at radius 3 is 2.37 bits per heavy atom. The number of hydrogen-bond donors (Lipinski definition) is 1. The van der Waals surface area contributed by atoms with E-state index in [1.807, 2.05) is 11.9 Å². The molecule has 2 N–H and O–H groups in total. The van der Waals surface area contributed by atoms with Crippen molar-refractivity contribution in [1.82, 2.24) is 4.90 Å². The molecule has 0 spiro atoms. The Kier molecular flexibility index (Phi) is 6.57. The number of rotatable bonds is 3. The van der Waals surface area contributed by atoms with Gasteiger partial charge in [-0.2, -0.15) is 0 Å². The molecule has 1 heterocycles. The summed E-state index contributed by atoms with van der Waals surface area (Å²) < 4.78 is 5.69. The van der Waals surface area contributed by atoms with Crippen molar-refractivity contribution in [3.63, 3.8) is 0 Å². The van der Waals surface area contributed by atoms with E-state index in [9.17, 15) is 4.79 Å². The summed E-state index contributed by atoms with van der Waals surface area (Å²) in [6.07, 6.45) is 6.32. The van der Waals surface area contributed by atoms with Crippen molar-refractivity contribution in [3.8, 4) is 0 Å². The lowest BCUT2D eigenvalue weighted by Crippen LogP contribution is -2.44. The number of nitrogens with two attached hydrogens (primary N) is 1. The highest BCUT2D eigenvalue weighted by Crippen LogP contribution is 2.28. The minimum absolute atomic E-state index is 0. The van der Waals surface area contributed by atoms with Gasteiger partial charge in [0.1, 0.15) is 6.10 Å². The largest absolute Gasteiger partial charge is 0.364 e. The molecule has 1 aliphatic heterocycles. The number of nitrogens with zero attached hydrogens (tertiary/aromatic N) is 1. The van der Waals surface area contributed by atoms with Gasteiger partial charge in [-0.3, -0.25) is 4.79 Å². The first kappa shape index (κ1) is 16.7. The molecule has 0 unspecified atom stereocenters. The van der Waals surface area contributed by atoms with E-state index in [0.717, 1.165) is 31.6 Å². The predicted molar refractivity (Wildman–Crippen MR) is 78.4 cm³/mol. The Bertz CT molecular complexity index is 293. The summed E-state index contributed by atoms with van der Waals surface area (Å²) in [6, 6.07) is 0.411. The smallest absolute Gasteiger partial charge is 0.251 e. The lowest BCUT2D eigenvalue weighted by atomic mass is 9.86. The van der Waals surface area contributed by atoms with E-state index in [2.05, 4.69) is 6.92 Å². The third kappa shape index (κ3) is 4.07. The van der Waals surface area contributed by atoms with E-state index < -0.39 is 0 Å². The van der Waals surface area contributed by atoms with Crippen LogP contribution >= 0.6 is 12.4 Å². The van der Waals surface area contributed by atoms with Gasteiger partial charge in [0.25, 0.3) is 5.91 Å². The van der Waals surface area contributed by atoms with E-state index >= 15 is 0 Å². The summed E-state index contributed by atoms with van der Waals surface area (Å²) in [5.41, 5.74) is 5.58. The lowest BCUT2D eigenvalue weighted by molar-refractivity contribution is -0.144. The van der Waals surface area contributed by atoms with Crippen molar-refractivity contribution in [1.29, 1.82) is 0 Å². The first-order valence-corrected chi connectivity index (χ1v) is 7.24. The first-order valence-electron chi connectivity index (χ1n) is 7.24. The molecule has 2 rings (SSSR count). The molecule has 2 atom stereocenters. The average Bonchev–Trinajstić information content (AvgIpc) is 2.86. The van der Waals surface area contributed by atoms with Gasteiger partial charge in [-0.25, -0.2) is 0 Å². The van der Waals surface area contributed by atoms with Crippen molar-refractivity contribution >= 4 is 18.3 Å². The number of hydrogen-bond acceptors (Lipinski definition) is 3. The fraction of sp³-hybridized carbons (Fsp3) is 0.929.